The van der Waals surface area contributed by atoms with Crippen LogP contribution in [0.1, 0.15) is 25.1 Å². The van der Waals surface area contributed by atoms with Gasteiger partial charge < -0.3 is 14.4 Å². The molecule has 0 saturated carbocycles. The van der Waals surface area contributed by atoms with Crippen molar-refractivity contribution in [2.24, 2.45) is 0 Å². The summed E-state index contributed by atoms with van der Waals surface area (Å²) >= 11 is 0. The number of aromatic nitrogens is 3. The largest absolute Gasteiger partial charge is 0.376 e. The first-order valence-corrected chi connectivity index (χ1v) is 9.76. The third-order valence-electron chi connectivity index (χ3n) is 5.12. The highest BCUT2D eigenvalue weighted by atomic mass is 16.5. The Morgan fingerprint density at radius 1 is 1.19 bits per heavy atom. The highest BCUT2D eigenvalue weighted by molar-refractivity contribution is 5.77. The van der Waals surface area contributed by atoms with E-state index >= 15 is 0 Å². The standard InChI is InChI=1S/C20H26N4O3/c25-19(15-26-14-17-8-4-5-13-27-17)23-10-9-18-21-20(22-24(18)12-11-23)16-6-2-1-3-7-16/h1-3,6-7,17H,4-5,8-15H2. The molecule has 4 rings (SSSR count). The summed E-state index contributed by atoms with van der Waals surface area (Å²) in [6, 6.07) is 9.98. The van der Waals surface area contributed by atoms with Crippen LogP contribution in [0.5, 0.6) is 0 Å². The maximum Gasteiger partial charge on any atom is 0.248 e. The first-order valence-electron chi connectivity index (χ1n) is 9.76. The average molecular weight is 370 g/mol. The summed E-state index contributed by atoms with van der Waals surface area (Å²) in [5.41, 5.74) is 1.02. The van der Waals surface area contributed by atoms with E-state index in [1.54, 1.807) is 0 Å². The van der Waals surface area contributed by atoms with Crippen molar-refractivity contribution in [1.29, 1.82) is 0 Å². The number of amides is 1. The Kier molecular flexibility index (Phi) is 5.79. The fraction of sp³-hybridized carbons (Fsp3) is 0.550. The number of fused-ring (bicyclic) bond motifs is 1. The van der Waals surface area contributed by atoms with Gasteiger partial charge in [0, 0.05) is 31.7 Å². The molecule has 1 atom stereocenters. The summed E-state index contributed by atoms with van der Waals surface area (Å²) in [6.07, 6.45) is 4.17. The Balaban J connectivity index is 1.28. The number of hydrogen-bond donors (Lipinski definition) is 0. The molecule has 1 unspecified atom stereocenters. The zero-order valence-corrected chi connectivity index (χ0v) is 15.5. The first kappa shape index (κ1) is 18.1. The zero-order chi connectivity index (χ0) is 18.5. The number of benzene rings is 1. The lowest BCUT2D eigenvalue weighted by atomic mass is 10.1. The Morgan fingerprint density at radius 2 is 2.07 bits per heavy atom. The molecule has 0 spiro atoms. The average Bonchev–Trinajstić information content (AvgIpc) is 3.02. The minimum absolute atomic E-state index is 0.0276. The van der Waals surface area contributed by atoms with Crippen molar-refractivity contribution in [3.63, 3.8) is 0 Å². The van der Waals surface area contributed by atoms with E-state index in [1.165, 1.54) is 6.42 Å². The highest BCUT2D eigenvalue weighted by Crippen LogP contribution is 2.17. The van der Waals surface area contributed by atoms with Gasteiger partial charge in [-0.2, -0.15) is 5.10 Å². The Morgan fingerprint density at radius 3 is 2.89 bits per heavy atom. The molecule has 0 aliphatic carbocycles. The molecule has 1 aromatic carbocycles. The SMILES string of the molecule is O=C(COCC1CCCCO1)N1CCc2nc(-c3ccccc3)nn2CC1. The monoisotopic (exact) mass is 370 g/mol. The Hall–Kier alpha value is -2.25. The van der Waals surface area contributed by atoms with Crippen molar-refractivity contribution in [2.75, 3.05) is 32.9 Å². The molecule has 1 fully saturated rings. The second kappa shape index (κ2) is 8.63. The quantitative estimate of drug-likeness (QED) is 0.804. The molecule has 2 aromatic rings. The summed E-state index contributed by atoms with van der Waals surface area (Å²) in [4.78, 5) is 19.0. The zero-order valence-electron chi connectivity index (χ0n) is 15.5. The molecule has 1 amide bonds. The lowest BCUT2D eigenvalue weighted by molar-refractivity contribution is -0.138. The van der Waals surface area contributed by atoms with Gasteiger partial charge in [-0.3, -0.25) is 4.79 Å². The molecule has 0 N–H and O–H groups in total. The van der Waals surface area contributed by atoms with Crippen molar-refractivity contribution < 1.29 is 14.3 Å². The van der Waals surface area contributed by atoms with Crippen LogP contribution in [-0.2, 0) is 27.2 Å². The fourth-order valence-corrected chi connectivity index (χ4v) is 3.57. The number of rotatable bonds is 5. The second-order valence-electron chi connectivity index (χ2n) is 7.08. The van der Waals surface area contributed by atoms with Gasteiger partial charge in [0.15, 0.2) is 5.82 Å². The molecule has 1 saturated heterocycles. The molecule has 7 heteroatoms. The molecular weight excluding hydrogens is 344 g/mol. The van der Waals surface area contributed by atoms with Crippen LogP contribution in [-0.4, -0.2) is 64.6 Å². The first-order chi connectivity index (χ1) is 13.3. The minimum Gasteiger partial charge on any atom is -0.376 e. The molecule has 144 valence electrons. The molecule has 7 nitrogen and oxygen atoms in total. The summed E-state index contributed by atoms with van der Waals surface area (Å²) in [6.45, 7) is 3.36. The number of carbonyl (C=O) groups is 1. The van der Waals surface area contributed by atoms with E-state index < -0.39 is 0 Å². The van der Waals surface area contributed by atoms with E-state index in [-0.39, 0.29) is 18.6 Å². The number of hydrogen-bond acceptors (Lipinski definition) is 5. The van der Waals surface area contributed by atoms with Crippen molar-refractivity contribution in [2.45, 2.75) is 38.3 Å². The smallest absolute Gasteiger partial charge is 0.248 e. The summed E-state index contributed by atoms with van der Waals surface area (Å²) in [7, 11) is 0. The summed E-state index contributed by atoms with van der Waals surface area (Å²) in [5.74, 6) is 1.71. The molecular formula is C20H26N4O3. The van der Waals surface area contributed by atoms with E-state index in [1.807, 2.05) is 39.9 Å². The van der Waals surface area contributed by atoms with Crippen LogP contribution in [0, 0.1) is 0 Å². The van der Waals surface area contributed by atoms with E-state index in [4.69, 9.17) is 9.47 Å². The van der Waals surface area contributed by atoms with Gasteiger partial charge in [-0.25, -0.2) is 9.67 Å². The Labute approximate surface area is 159 Å². The van der Waals surface area contributed by atoms with Gasteiger partial charge in [-0.15, -0.1) is 0 Å². The molecule has 27 heavy (non-hydrogen) atoms. The number of nitrogens with zero attached hydrogens (tertiary/aromatic N) is 4. The van der Waals surface area contributed by atoms with E-state index in [9.17, 15) is 4.79 Å². The van der Waals surface area contributed by atoms with Crippen LogP contribution in [0.3, 0.4) is 0 Å². The Bertz CT molecular complexity index is 730. The van der Waals surface area contributed by atoms with Gasteiger partial charge >= 0.3 is 0 Å². The maximum absolute atomic E-state index is 12.5. The van der Waals surface area contributed by atoms with Crippen LogP contribution in [0.25, 0.3) is 11.4 Å². The molecule has 0 radical (unpaired) electrons. The van der Waals surface area contributed by atoms with Crippen LogP contribution >= 0.6 is 0 Å². The van der Waals surface area contributed by atoms with Crippen LogP contribution in [0.4, 0.5) is 0 Å². The molecule has 2 aliphatic heterocycles. The van der Waals surface area contributed by atoms with Gasteiger partial charge in [0.2, 0.25) is 5.91 Å². The fourth-order valence-electron chi connectivity index (χ4n) is 3.57. The van der Waals surface area contributed by atoms with Crippen molar-refractivity contribution in [1.82, 2.24) is 19.7 Å². The normalized spacial score (nSPS) is 20.1. The summed E-state index contributed by atoms with van der Waals surface area (Å²) < 4.78 is 13.2. The van der Waals surface area contributed by atoms with Crippen molar-refractivity contribution in [3.8, 4) is 11.4 Å². The van der Waals surface area contributed by atoms with Gasteiger partial charge in [-0.1, -0.05) is 30.3 Å². The van der Waals surface area contributed by atoms with Crippen LogP contribution < -0.4 is 0 Å². The van der Waals surface area contributed by atoms with Crippen LogP contribution in [0.15, 0.2) is 30.3 Å². The lowest BCUT2D eigenvalue weighted by Crippen LogP contribution is -2.37. The van der Waals surface area contributed by atoms with Gasteiger partial charge in [-0.05, 0) is 19.3 Å². The molecule has 2 aliphatic rings. The molecule has 3 heterocycles. The summed E-state index contributed by atoms with van der Waals surface area (Å²) in [5, 5.41) is 4.62. The van der Waals surface area contributed by atoms with E-state index in [2.05, 4.69) is 10.1 Å². The predicted molar refractivity (Wildman–Crippen MR) is 100 cm³/mol. The maximum atomic E-state index is 12.5. The van der Waals surface area contributed by atoms with Crippen LogP contribution in [0.2, 0.25) is 0 Å². The van der Waals surface area contributed by atoms with Gasteiger partial charge in [0.25, 0.3) is 0 Å². The lowest BCUT2D eigenvalue weighted by Gasteiger charge is -2.23. The number of carbonyl (C=O) groups excluding carboxylic acids is 1. The van der Waals surface area contributed by atoms with Gasteiger partial charge in [0.05, 0.1) is 19.3 Å². The highest BCUT2D eigenvalue weighted by Gasteiger charge is 2.22. The molecule has 1 aromatic heterocycles. The van der Waals surface area contributed by atoms with E-state index in [0.717, 1.165) is 36.7 Å². The van der Waals surface area contributed by atoms with Crippen molar-refractivity contribution >= 4 is 5.91 Å². The topological polar surface area (TPSA) is 69.5 Å². The number of ether oxygens (including phenoxy) is 2. The molecule has 0 bridgehead atoms. The predicted octanol–water partition coefficient (Wildman–Crippen LogP) is 1.92. The minimum atomic E-state index is 0.0276. The van der Waals surface area contributed by atoms with Gasteiger partial charge in [0.1, 0.15) is 12.4 Å². The third-order valence-corrected chi connectivity index (χ3v) is 5.12. The second-order valence-corrected chi connectivity index (χ2v) is 7.08. The van der Waals surface area contributed by atoms with Crippen molar-refractivity contribution in [3.05, 3.63) is 36.2 Å². The van der Waals surface area contributed by atoms with E-state index in [0.29, 0.717) is 32.7 Å². The third kappa shape index (κ3) is 4.54.